The summed E-state index contributed by atoms with van der Waals surface area (Å²) >= 11 is 1.49. The van der Waals surface area contributed by atoms with Gasteiger partial charge in [-0.05, 0) is 43.7 Å². The molecule has 7 heteroatoms. The molecule has 1 saturated heterocycles. The maximum absolute atomic E-state index is 12.6. The molecule has 0 amide bonds. The Kier molecular flexibility index (Phi) is 5.38. The number of Topliss-reactive ketones (excluding diaryl/α,β-unsaturated/α-hetero) is 1. The van der Waals surface area contributed by atoms with E-state index in [2.05, 4.69) is 26.6 Å². The molecule has 2 aliphatic rings. The van der Waals surface area contributed by atoms with E-state index in [0.717, 1.165) is 30.1 Å². The first-order valence-electron chi connectivity index (χ1n) is 9.65. The Morgan fingerprint density at radius 2 is 2.00 bits per heavy atom. The van der Waals surface area contributed by atoms with E-state index < -0.39 is 0 Å². The number of ether oxygens (including phenoxy) is 1. The van der Waals surface area contributed by atoms with Crippen LogP contribution < -0.4 is 9.64 Å². The number of anilines is 1. The maximum atomic E-state index is 12.6. The van der Waals surface area contributed by atoms with Crippen LogP contribution in [0.2, 0.25) is 0 Å². The molecule has 0 spiro atoms. The van der Waals surface area contributed by atoms with Gasteiger partial charge in [0.2, 0.25) is 5.95 Å². The van der Waals surface area contributed by atoms with Gasteiger partial charge in [-0.2, -0.15) is 0 Å². The van der Waals surface area contributed by atoms with Crippen LogP contribution in [0.4, 0.5) is 5.95 Å². The fourth-order valence-electron chi connectivity index (χ4n) is 3.45. The van der Waals surface area contributed by atoms with Crippen LogP contribution in [-0.4, -0.2) is 46.5 Å². The Labute approximate surface area is 164 Å². The Balaban J connectivity index is 1.46. The van der Waals surface area contributed by atoms with E-state index in [1.165, 1.54) is 37.4 Å². The molecule has 1 aromatic heterocycles. The molecule has 4 rings (SSSR count). The van der Waals surface area contributed by atoms with Crippen molar-refractivity contribution in [1.82, 2.24) is 14.8 Å². The van der Waals surface area contributed by atoms with E-state index in [9.17, 15) is 4.79 Å². The van der Waals surface area contributed by atoms with Crippen molar-refractivity contribution in [1.29, 1.82) is 0 Å². The van der Waals surface area contributed by atoms with Crippen molar-refractivity contribution in [2.45, 2.75) is 43.8 Å². The Morgan fingerprint density at radius 1 is 1.22 bits per heavy atom. The zero-order valence-electron chi connectivity index (χ0n) is 15.9. The van der Waals surface area contributed by atoms with Crippen molar-refractivity contribution >= 4 is 23.5 Å². The van der Waals surface area contributed by atoms with Crippen molar-refractivity contribution in [2.24, 2.45) is 5.92 Å². The first-order valence-corrected chi connectivity index (χ1v) is 10.6. The molecule has 144 valence electrons. The average molecular weight is 387 g/mol. The van der Waals surface area contributed by atoms with Crippen molar-refractivity contribution in [2.75, 3.05) is 30.9 Å². The molecule has 1 aliphatic heterocycles. The van der Waals surface area contributed by atoms with Crippen LogP contribution in [0.1, 0.15) is 49.0 Å². The molecular weight excluding hydrogens is 360 g/mol. The van der Waals surface area contributed by atoms with Gasteiger partial charge in [0.25, 0.3) is 0 Å². The van der Waals surface area contributed by atoms with Crippen molar-refractivity contribution in [3.63, 3.8) is 0 Å². The zero-order valence-corrected chi connectivity index (χ0v) is 16.7. The van der Waals surface area contributed by atoms with Crippen LogP contribution in [-0.2, 0) is 0 Å². The number of nitrogens with zero attached hydrogens (tertiary/aromatic N) is 4. The third-order valence-electron chi connectivity index (χ3n) is 5.35. The molecule has 0 unspecified atom stereocenters. The third-order valence-corrected chi connectivity index (χ3v) is 6.29. The molecule has 27 heavy (non-hydrogen) atoms. The van der Waals surface area contributed by atoms with Gasteiger partial charge in [-0.15, -0.1) is 10.2 Å². The van der Waals surface area contributed by atoms with Crippen LogP contribution in [0.3, 0.4) is 0 Å². The summed E-state index contributed by atoms with van der Waals surface area (Å²) in [6.07, 6.45) is 4.75. The lowest BCUT2D eigenvalue weighted by Gasteiger charge is -2.31. The van der Waals surface area contributed by atoms with E-state index in [-0.39, 0.29) is 5.78 Å². The SMILES string of the molecule is COc1cccc(C(=O)CSc2nnc(N3CCC(C)CC3)n2C2CC2)c1. The van der Waals surface area contributed by atoms with Crippen molar-refractivity contribution in [3.05, 3.63) is 29.8 Å². The topological polar surface area (TPSA) is 60.2 Å². The minimum Gasteiger partial charge on any atom is -0.497 e. The average Bonchev–Trinajstić information content (AvgIpc) is 3.46. The number of thioether (sulfide) groups is 1. The molecule has 0 radical (unpaired) electrons. The van der Waals surface area contributed by atoms with Crippen LogP contribution in [0, 0.1) is 5.92 Å². The highest BCUT2D eigenvalue weighted by Gasteiger charge is 2.32. The Morgan fingerprint density at radius 3 is 2.70 bits per heavy atom. The molecule has 2 fully saturated rings. The molecule has 1 aromatic carbocycles. The number of piperidine rings is 1. The molecule has 0 atom stereocenters. The second-order valence-corrected chi connectivity index (χ2v) is 8.44. The third kappa shape index (κ3) is 4.13. The van der Waals surface area contributed by atoms with Gasteiger partial charge in [0.1, 0.15) is 5.75 Å². The summed E-state index contributed by atoms with van der Waals surface area (Å²) in [6.45, 7) is 4.40. The largest absolute Gasteiger partial charge is 0.497 e. The normalized spacial score (nSPS) is 17.9. The van der Waals surface area contributed by atoms with E-state index in [0.29, 0.717) is 23.1 Å². The van der Waals surface area contributed by atoms with Gasteiger partial charge in [0.05, 0.1) is 12.9 Å². The van der Waals surface area contributed by atoms with Crippen LogP contribution >= 0.6 is 11.8 Å². The second-order valence-electron chi connectivity index (χ2n) is 7.50. The molecule has 0 bridgehead atoms. The number of benzene rings is 1. The molecule has 2 aromatic rings. The monoisotopic (exact) mass is 386 g/mol. The first kappa shape index (κ1) is 18.3. The standard InChI is InChI=1S/C20H26N4O2S/c1-14-8-10-23(11-9-14)19-21-22-20(24(19)16-6-7-16)27-13-18(25)15-4-3-5-17(12-15)26-2/h3-5,12,14,16H,6-11,13H2,1-2H3. The molecule has 6 nitrogen and oxygen atoms in total. The number of ketones is 1. The van der Waals surface area contributed by atoms with Crippen molar-refractivity contribution in [3.8, 4) is 5.75 Å². The van der Waals surface area contributed by atoms with Crippen LogP contribution in [0.5, 0.6) is 5.75 Å². The van der Waals surface area contributed by atoms with E-state index in [1.807, 2.05) is 18.2 Å². The van der Waals surface area contributed by atoms with Gasteiger partial charge >= 0.3 is 0 Å². The van der Waals surface area contributed by atoms with E-state index >= 15 is 0 Å². The number of carbonyl (C=O) groups excluding carboxylic acids is 1. The number of carbonyl (C=O) groups is 1. The van der Waals surface area contributed by atoms with Gasteiger partial charge in [-0.3, -0.25) is 9.36 Å². The fraction of sp³-hybridized carbons (Fsp3) is 0.550. The van der Waals surface area contributed by atoms with Gasteiger partial charge in [0.15, 0.2) is 10.9 Å². The van der Waals surface area contributed by atoms with Gasteiger partial charge in [-0.1, -0.05) is 30.8 Å². The van der Waals surface area contributed by atoms with Crippen molar-refractivity contribution < 1.29 is 9.53 Å². The number of aromatic nitrogens is 3. The summed E-state index contributed by atoms with van der Waals surface area (Å²) in [5, 5.41) is 9.78. The second kappa shape index (κ2) is 7.92. The summed E-state index contributed by atoms with van der Waals surface area (Å²) in [4.78, 5) is 14.9. The fourth-order valence-corrected chi connectivity index (χ4v) is 4.35. The summed E-state index contributed by atoms with van der Waals surface area (Å²) in [7, 11) is 1.61. The minimum absolute atomic E-state index is 0.0811. The van der Waals surface area contributed by atoms with Crippen LogP contribution in [0.15, 0.2) is 29.4 Å². The lowest BCUT2D eigenvalue weighted by atomic mass is 10.00. The predicted octanol–water partition coefficient (Wildman–Crippen LogP) is 3.83. The summed E-state index contributed by atoms with van der Waals surface area (Å²) < 4.78 is 7.48. The number of hydrogen-bond acceptors (Lipinski definition) is 6. The van der Waals surface area contributed by atoms with E-state index in [4.69, 9.17) is 4.74 Å². The summed E-state index contributed by atoms with van der Waals surface area (Å²) in [5.74, 6) is 2.91. The van der Waals surface area contributed by atoms with Gasteiger partial charge in [-0.25, -0.2) is 0 Å². The maximum Gasteiger partial charge on any atom is 0.228 e. The van der Waals surface area contributed by atoms with Gasteiger partial charge < -0.3 is 9.64 Å². The Bertz CT molecular complexity index is 810. The summed E-state index contributed by atoms with van der Waals surface area (Å²) in [6, 6.07) is 7.80. The highest BCUT2D eigenvalue weighted by molar-refractivity contribution is 7.99. The predicted molar refractivity (Wildman–Crippen MR) is 107 cm³/mol. The number of rotatable bonds is 7. The highest BCUT2D eigenvalue weighted by Crippen LogP contribution is 2.41. The molecule has 1 saturated carbocycles. The molecule has 0 N–H and O–H groups in total. The molecule has 1 aliphatic carbocycles. The van der Waals surface area contributed by atoms with Gasteiger partial charge in [0, 0.05) is 24.7 Å². The number of methoxy groups -OCH3 is 1. The molecule has 2 heterocycles. The quantitative estimate of drug-likeness (QED) is 0.532. The highest BCUT2D eigenvalue weighted by atomic mass is 32.2. The summed E-state index contributed by atoms with van der Waals surface area (Å²) in [5.41, 5.74) is 0.671. The number of hydrogen-bond donors (Lipinski definition) is 0. The first-order chi connectivity index (χ1) is 13.2. The smallest absolute Gasteiger partial charge is 0.228 e. The van der Waals surface area contributed by atoms with E-state index in [1.54, 1.807) is 13.2 Å². The lowest BCUT2D eigenvalue weighted by molar-refractivity contribution is 0.102. The lowest BCUT2D eigenvalue weighted by Crippen LogP contribution is -2.34. The minimum atomic E-state index is 0.0811. The Hall–Kier alpha value is -2.02. The molecular formula is C20H26N4O2S. The van der Waals surface area contributed by atoms with Crippen LogP contribution in [0.25, 0.3) is 0 Å². The zero-order chi connectivity index (χ0) is 18.8.